The van der Waals surface area contributed by atoms with Crippen LogP contribution in [0.4, 0.5) is 0 Å². The van der Waals surface area contributed by atoms with Gasteiger partial charge in [-0.2, -0.15) is 0 Å². The fraction of sp³-hybridized carbons (Fsp3) is 0.846. The number of rotatable bonds is 5. The Morgan fingerprint density at radius 3 is 2.21 bits per heavy atom. The van der Waals surface area contributed by atoms with Crippen molar-refractivity contribution in [2.24, 2.45) is 0 Å². The summed E-state index contributed by atoms with van der Waals surface area (Å²) >= 11 is 0. The first kappa shape index (κ1) is 14.3. The van der Waals surface area contributed by atoms with Gasteiger partial charge in [0.1, 0.15) is 0 Å². The molecule has 1 N–H and O–H groups in total. The standard InChI is InChI=1S/C13H21NO5/c15-11(3-1-2-4-12(16)17)14-7-5-13(6-8-14)18-9-10-19-13/h1-10H2,(H,16,17). The summed E-state index contributed by atoms with van der Waals surface area (Å²) in [7, 11) is 0. The van der Waals surface area contributed by atoms with Crippen LogP contribution in [0.15, 0.2) is 0 Å². The number of piperidine rings is 1. The highest BCUT2D eigenvalue weighted by atomic mass is 16.7. The third-order valence-corrected chi connectivity index (χ3v) is 3.72. The van der Waals surface area contributed by atoms with Crippen LogP contribution in [0.1, 0.15) is 38.5 Å². The number of nitrogens with zero attached hydrogens (tertiary/aromatic N) is 1. The highest BCUT2D eigenvalue weighted by molar-refractivity contribution is 5.76. The van der Waals surface area contributed by atoms with Crippen molar-refractivity contribution < 1.29 is 24.2 Å². The zero-order chi connectivity index (χ0) is 13.7. The van der Waals surface area contributed by atoms with Gasteiger partial charge in [-0.25, -0.2) is 0 Å². The Balaban J connectivity index is 1.66. The molecule has 2 aliphatic rings. The first-order chi connectivity index (χ1) is 9.11. The van der Waals surface area contributed by atoms with Crippen LogP contribution in [0.25, 0.3) is 0 Å². The lowest BCUT2D eigenvalue weighted by molar-refractivity contribution is -0.187. The molecule has 0 unspecified atom stereocenters. The monoisotopic (exact) mass is 271 g/mol. The number of hydrogen-bond donors (Lipinski definition) is 1. The Hall–Kier alpha value is -1.14. The number of carboxylic acid groups (broad SMARTS) is 1. The zero-order valence-corrected chi connectivity index (χ0v) is 11.1. The molecule has 2 fully saturated rings. The molecule has 2 aliphatic heterocycles. The van der Waals surface area contributed by atoms with E-state index < -0.39 is 11.8 Å². The van der Waals surface area contributed by atoms with Crippen LogP contribution >= 0.6 is 0 Å². The molecular weight excluding hydrogens is 250 g/mol. The number of ether oxygens (including phenoxy) is 2. The van der Waals surface area contributed by atoms with Crippen molar-refractivity contribution in [3.8, 4) is 0 Å². The molecule has 6 heteroatoms. The smallest absolute Gasteiger partial charge is 0.303 e. The van der Waals surface area contributed by atoms with E-state index in [4.69, 9.17) is 14.6 Å². The Kier molecular flexibility index (Phi) is 4.76. The summed E-state index contributed by atoms with van der Waals surface area (Å²) in [6.07, 6.45) is 3.23. The Morgan fingerprint density at radius 2 is 1.63 bits per heavy atom. The van der Waals surface area contributed by atoms with Gasteiger partial charge in [-0.15, -0.1) is 0 Å². The molecule has 0 atom stereocenters. The highest BCUT2D eigenvalue weighted by Crippen LogP contribution is 2.31. The van der Waals surface area contributed by atoms with Crippen LogP contribution in [-0.2, 0) is 19.1 Å². The maximum Gasteiger partial charge on any atom is 0.303 e. The number of aliphatic carboxylic acids is 1. The number of likely N-dealkylation sites (tertiary alicyclic amines) is 1. The van der Waals surface area contributed by atoms with Crippen LogP contribution in [0.5, 0.6) is 0 Å². The third kappa shape index (κ3) is 3.91. The van der Waals surface area contributed by atoms with E-state index in [1.54, 1.807) is 0 Å². The predicted octanol–water partition coefficient (Wildman–Crippen LogP) is 0.997. The number of hydrogen-bond acceptors (Lipinski definition) is 4. The predicted molar refractivity (Wildman–Crippen MR) is 66.6 cm³/mol. The molecule has 2 rings (SSSR count). The molecule has 0 aromatic heterocycles. The molecule has 19 heavy (non-hydrogen) atoms. The van der Waals surface area contributed by atoms with Crippen molar-refractivity contribution in [1.29, 1.82) is 0 Å². The average molecular weight is 271 g/mol. The lowest BCUT2D eigenvalue weighted by Crippen LogP contribution is -2.47. The van der Waals surface area contributed by atoms with Crippen molar-refractivity contribution in [1.82, 2.24) is 4.90 Å². The molecule has 0 saturated carbocycles. The van der Waals surface area contributed by atoms with Crippen LogP contribution in [0.3, 0.4) is 0 Å². The van der Waals surface area contributed by atoms with Crippen LogP contribution in [0, 0.1) is 0 Å². The summed E-state index contributed by atoms with van der Waals surface area (Å²) in [6, 6.07) is 0. The largest absolute Gasteiger partial charge is 0.481 e. The van der Waals surface area contributed by atoms with Gasteiger partial charge in [0.25, 0.3) is 0 Å². The molecule has 1 amide bonds. The quantitative estimate of drug-likeness (QED) is 0.755. The molecule has 0 radical (unpaired) electrons. The van der Waals surface area contributed by atoms with Crippen LogP contribution in [-0.4, -0.2) is 54.0 Å². The highest BCUT2D eigenvalue weighted by Gasteiger charge is 2.40. The summed E-state index contributed by atoms with van der Waals surface area (Å²) in [4.78, 5) is 24.1. The second-order valence-corrected chi connectivity index (χ2v) is 5.09. The van der Waals surface area contributed by atoms with Gasteiger partial charge in [0.15, 0.2) is 5.79 Å². The second kappa shape index (κ2) is 6.34. The normalized spacial score (nSPS) is 21.8. The number of unbranched alkanes of at least 4 members (excludes halogenated alkanes) is 1. The van der Waals surface area contributed by atoms with Gasteiger partial charge < -0.3 is 19.5 Å². The minimum atomic E-state index is -0.803. The maximum atomic E-state index is 11.9. The minimum Gasteiger partial charge on any atom is -0.481 e. The first-order valence-electron chi connectivity index (χ1n) is 6.89. The van der Waals surface area contributed by atoms with Gasteiger partial charge in [-0.05, 0) is 12.8 Å². The van der Waals surface area contributed by atoms with E-state index in [-0.39, 0.29) is 12.3 Å². The summed E-state index contributed by atoms with van der Waals surface area (Å²) < 4.78 is 11.2. The molecule has 0 aliphatic carbocycles. The summed E-state index contributed by atoms with van der Waals surface area (Å²) in [5.74, 6) is -1.14. The molecule has 6 nitrogen and oxygen atoms in total. The Labute approximate surface area is 112 Å². The van der Waals surface area contributed by atoms with E-state index in [1.165, 1.54) is 0 Å². The van der Waals surface area contributed by atoms with Gasteiger partial charge >= 0.3 is 5.97 Å². The molecule has 2 saturated heterocycles. The van der Waals surface area contributed by atoms with E-state index in [0.29, 0.717) is 45.6 Å². The summed E-state index contributed by atoms with van der Waals surface area (Å²) in [5, 5.41) is 8.52. The van der Waals surface area contributed by atoms with Crippen molar-refractivity contribution in [3.63, 3.8) is 0 Å². The molecule has 1 spiro atoms. The number of carboxylic acids is 1. The van der Waals surface area contributed by atoms with E-state index in [2.05, 4.69) is 0 Å². The van der Waals surface area contributed by atoms with E-state index in [1.807, 2.05) is 4.90 Å². The number of carbonyl (C=O) groups is 2. The van der Waals surface area contributed by atoms with Gasteiger partial charge in [0.05, 0.1) is 13.2 Å². The summed E-state index contributed by atoms with van der Waals surface area (Å²) in [5.41, 5.74) is 0. The molecule has 0 aromatic carbocycles. The topological polar surface area (TPSA) is 76.1 Å². The van der Waals surface area contributed by atoms with Gasteiger partial charge in [0.2, 0.25) is 5.91 Å². The molecule has 0 bridgehead atoms. The van der Waals surface area contributed by atoms with E-state index >= 15 is 0 Å². The fourth-order valence-electron chi connectivity index (χ4n) is 2.59. The average Bonchev–Trinajstić information content (AvgIpc) is 2.83. The third-order valence-electron chi connectivity index (χ3n) is 3.72. The molecular formula is C13H21NO5. The van der Waals surface area contributed by atoms with Crippen LogP contribution < -0.4 is 0 Å². The second-order valence-electron chi connectivity index (χ2n) is 5.09. The van der Waals surface area contributed by atoms with Crippen molar-refractivity contribution in [2.45, 2.75) is 44.3 Å². The Bertz CT molecular complexity index is 328. The lowest BCUT2D eigenvalue weighted by Gasteiger charge is -2.37. The Morgan fingerprint density at radius 1 is 1.05 bits per heavy atom. The molecule has 0 aromatic rings. The number of carbonyl (C=O) groups excluding carboxylic acids is 1. The maximum absolute atomic E-state index is 11.9. The van der Waals surface area contributed by atoms with Crippen molar-refractivity contribution in [3.05, 3.63) is 0 Å². The van der Waals surface area contributed by atoms with Crippen molar-refractivity contribution >= 4 is 11.9 Å². The van der Waals surface area contributed by atoms with Crippen molar-refractivity contribution in [2.75, 3.05) is 26.3 Å². The fourth-order valence-corrected chi connectivity index (χ4v) is 2.59. The minimum absolute atomic E-state index is 0.109. The van der Waals surface area contributed by atoms with Gasteiger partial charge in [-0.3, -0.25) is 9.59 Å². The van der Waals surface area contributed by atoms with Gasteiger partial charge in [0, 0.05) is 38.8 Å². The molecule has 2 heterocycles. The zero-order valence-electron chi connectivity index (χ0n) is 11.1. The molecule has 108 valence electrons. The first-order valence-corrected chi connectivity index (χ1v) is 6.89. The van der Waals surface area contributed by atoms with E-state index in [0.717, 1.165) is 12.8 Å². The van der Waals surface area contributed by atoms with Gasteiger partial charge in [-0.1, -0.05) is 0 Å². The SMILES string of the molecule is O=C(O)CCCCC(=O)N1CCC2(CC1)OCCO2. The van der Waals surface area contributed by atoms with Crippen LogP contribution in [0.2, 0.25) is 0 Å². The van der Waals surface area contributed by atoms with E-state index in [9.17, 15) is 9.59 Å². The lowest BCUT2D eigenvalue weighted by atomic mass is 10.0. The summed E-state index contributed by atoms with van der Waals surface area (Å²) in [6.45, 7) is 2.61. The number of amides is 1.